The van der Waals surface area contributed by atoms with Gasteiger partial charge in [0.15, 0.2) is 6.61 Å². The van der Waals surface area contributed by atoms with Gasteiger partial charge in [0.2, 0.25) is 0 Å². The molecule has 0 saturated carbocycles. The minimum Gasteiger partial charge on any atom is -0.483 e. The van der Waals surface area contributed by atoms with E-state index in [0.29, 0.717) is 22.0 Å². The molecule has 2 aromatic carbocycles. The van der Waals surface area contributed by atoms with Crippen molar-refractivity contribution in [1.82, 2.24) is 4.90 Å². The Hall–Kier alpha value is -2.53. The molecule has 0 aliphatic rings. The van der Waals surface area contributed by atoms with Crippen LogP contribution in [0.25, 0.3) is 0 Å². The van der Waals surface area contributed by atoms with Gasteiger partial charge in [0.25, 0.3) is 11.8 Å². The molecule has 2 rings (SSSR count). The summed E-state index contributed by atoms with van der Waals surface area (Å²) < 4.78 is 5.68. The van der Waals surface area contributed by atoms with Crippen molar-refractivity contribution in [2.75, 3.05) is 26.0 Å². The lowest BCUT2D eigenvalue weighted by atomic mass is 10.0. The molecular formula is C21H25ClN2O3. The van der Waals surface area contributed by atoms with Crippen molar-refractivity contribution in [3.05, 3.63) is 58.1 Å². The lowest BCUT2D eigenvalue weighted by Crippen LogP contribution is -2.22. The van der Waals surface area contributed by atoms with E-state index in [4.69, 9.17) is 16.3 Å². The Morgan fingerprint density at radius 1 is 1.15 bits per heavy atom. The third kappa shape index (κ3) is 5.47. The topological polar surface area (TPSA) is 58.6 Å². The maximum Gasteiger partial charge on any atom is 0.262 e. The zero-order chi connectivity index (χ0) is 20.1. The first-order valence-corrected chi connectivity index (χ1v) is 9.11. The predicted octanol–water partition coefficient (Wildman–Crippen LogP) is 4.49. The zero-order valence-electron chi connectivity index (χ0n) is 16.3. The Bertz CT molecular complexity index is 830. The van der Waals surface area contributed by atoms with Crippen molar-refractivity contribution in [3.63, 3.8) is 0 Å². The fourth-order valence-corrected chi connectivity index (χ4v) is 3.00. The van der Waals surface area contributed by atoms with Gasteiger partial charge < -0.3 is 15.0 Å². The number of carbonyl (C=O) groups excluding carboxylic acids is 2. The second-order valence-corrected chi connectivity index (χ2v) is 7.31. The molecule has 0 spiro atoms. The summed E-state index contributed by atoms with van der Waals surface area (Å²) in [5.41, 5.74) is 3.03. The highest BCUT2D eigenvalue weighted by atomic mass is 35.5. The first-order chi connectivity index (χ1) is 12.7. The Kier molecular flexibility index (Phi) is 6.86. The summed E-state index contributed by atoms with van der Waals surface area (Å²) in [7, 11) is 3.39. The molecule has 0 radical (unpaired) electrons. The molecule has 2 aromatic rings. The average molecular weight is 389 g/mol. The minimum absolute atomic E-state index is 0.0876. The van der Waals surface area contributed by atoms with E-state index in [2.05, 4.69) is 19.2 Å². The van der Waals surface area contributed by atoms with Gasteiger partial charge in [-0.15, -0.1) is 0 Å². The second kappa shape index (κ2) is 8.91. The monoisotopic (exact) mass is 388 g/mol. The maximum absolute atomic E-state index is 12.2. The van der Waals surface area contributed by atoms with E-state index in [1.54, 1.807) is 38.4 Å². The molecule has 0 aliphatic heterocycles. The van der Waals surface area contributed by atoms with Gasteiger partial charge in [-0.05, 0) is 60.4 Å². The Morgan fingerprint density at radius 2 is 1.78 bits per heavy atom. The molecule has 27 heavy (non-hydrogen) atoms. The zero-order valence-corrected chi connectivity index (χ0v) is 17.1. The normalized spacial score (nSPS) is 10.6. The smallest absolute Gasteiger partial charge is 0.262 e. The molecule has 2 amide bonds. The van der Waals surface area contributed by atoms with Crippen LogP contribution in [0.4, 0.5) is 5.69 Å². The van der Waals surface area contributed by atoms with Crippen molar-refractivity contribution < 1.29 is 14.3 Å². The van der Waals surface area contributed by atoms with Crippen LogP contribution in [0, 0.1) is 6.92 Å². The summed E-state index contributed by atoms with van der Waals surface area (Å²) in [6.45, 7) is 5.89. The molecule has 5 nitrogen and oxygen atoms in total. The van der Waals surface area contributed by atoms with Crippen LogP contribution in [0.5, 0.6) is 5.75 Å². The highest BCUT2D eigenvalue weighted by Gasteiger charge is 2.12. The van der Waals surface area contributed by atoms with Gasteiger partial charge in [0.1, 0.15) is 5.75 Å². The largest absolute Gasteiger partial charge is 0.483 e. The van der Waals surface area contributed by atoms with E-state index in [0.717, 1.165) is 11.1 Å². The Morgan fingerprint density at radius 3 is 2.33 bits per heavy atom. The minimum atomic E-state index is -0.276. The Balaban J connectivity index is 1.99. The van der Waals surface area contributed by atoms with Gasteiger partial charge in [-0.25, -0.2) is 0 Å². The van der Waals surface area contributed by atoms with Crippen molar-refractivity contribution in [2.45, 2.75) is 26.7 Å². The molecule has 144 valence electrons. The SMILES string of the molecule is Cc1cc(Cl)c(C(C)C)cc1OCC(=O)Nc1ccc(C(=O)N(C)C)cc1. The van der Waals surface area contributed by atoms with Crippen LogP contribution in [0.2, 0.25) is 5.02 Å². The molecule has 0 heterocycles. The van der Waals surface area contributed by atoms with Crippen LogP contribution >= 0.6 is 11.6 Å². The third-order valence-electron chi connectivity index (χ3n) is 4.10. The summed E-state index contributed by atoms with van der Waals surface area (Å²) >= 11 is 6.26. The number of benzene rings is 2. The van der Waals surface area contributed by atoms with Crippen LogP contribution < -0.4 is 10.1 Å². The fraction of sp³-hybridized carbons (Fsp3) is 0.333. The number of ether oxygens (including phenoxy) is 1. The van der Waals surface area contributed by atoms with Gasteiger partial charge in [0, 0.05) is 30.4 Å². The number of hydrogen-bond acceptors (Lipinski definition) is 3. The maximum atomic E-state index is 12.2. The lowest BCUT2D eigenvalue weighted by molar-refractivity contribution is -0.118. The van der Waals surface area contributed by atoms with E-state index < -0.39 is 0 Å². The summed E-state index contributed by atoms with van der Waals surface area (Å²) in [5, 5.41) is 3.46. The summed E-state index contributed by atoms with van der Waals surface area (Å²) in [6, 6.07) is 10.5. The molecule has 0 unspecified atom stereocenters. The fourth-order valence-electron chi connectivity index (χ4n) is 2.56. The summed E-state index contributed by atoms with van der Waals surface area (Å²) in [4.78, 5) is 25.6. The number of hydrogen-bond donors (Lipinski definition) is 1. The van der Waals surface area contributed by atoms with Crippen molar-refractivity contribution in [3.8, 4) is 5.75 Å². The van der Waals surface area contributed by atoms with Gasteiger partial charge in [0.05, 0.1) is 0 Å². The average Bonchev–Trinajstić information content (AvgIpc) is 2.60. The molecule has 1 N–H and O–H groups in total. The molecular weight excluding hydrogens is 364 g/mol. The van der Waals surface area contributed by atoms with Gasteiger partial charge >= 0.3 is 0 Å². The number of nitrogens with one attached hydrogen (secondary N) is 1. The third-order valence-corrected chi connectivity index (χ3v) is 4.42. The van der Waals surface area contributed by atoms with Crippen LogP contribution in [-0.4, -0.2) is 37.4 Å². The number of rotatable bonds is 6. The van der Waals surface area contributed by atoms with Gasteiger partial charge in [-0.1, -0.05) is 25.4 Å². The first kappa shape index (κ1) is 20.8. The molecule has 0 aromatic heterocycles. The lowest BCUT2D eigenvalue weighted by Gasteiger charge is -2.15. The van der Waals surface area contributed by atoms with Crippen molar-refractivity contribution in [1.29, 1.82) is 0 Å². The highest BCUT2D eigenvalue weighted by Crippen LogP contribution is 2.31. The number of aryl methyl sites for hydroxylation is 1. The van der Waals surface area contributed by atoms with E-state index in [1.807, 2.05) is 19.1 Å². The van der Waals surface area contributed by atoms with Crippen LogP contribution in [0.1, 0.15) is 41.3 Å². The number of halogens is 1. The highest BCUT2D eigenvalue weighted by molar-refractivity contribution is 6.31. The number of carbonyl (C=O) groups is 2. The predicted molar refractivity (Wildman–Crippen MR) is 109 cm³/mol. The van der Waals surface area contributed by atoms with E-state index in [1.165, 1.54) is 4.90 Å². The van der Waals surface area contributed by atoms with E-state index in [-0.39, 0.29) is 24.3 Å². The first-order valence-electron chi connectivity index (χ1n) is 8.73. The van der Waals surface area contributed by atoms with E-state index >= 15 is 0 Å². The standard InChI is InChI=1S/C21H25ClN2O3/c1-13(2)17-11-19(14(3)10-18(17)22)27-12-20(25)23-16-8-6-15(7-9-16)21(26)24(4)5/h6-11,13H,12H2,1-5H3,(H,23,25). The molecule has 0 atom stereocenters. The second-order valence-electron chi connectivity index (χ2n) is 6.91. The molecule has 6 heteroatoms. The van der Waals surface area contributed by atoms with Crippen molar-refractivity contribution in [2.24, 2.45) is 0 Å². The van der Waals surface area contributed by atoms with Crippen LogP contribution in [0.3, 0.4) is 0 Å². The molecule has 0 fully saturated rings. The van der Waals surface area contributed by atoms with Gasteiger partial charge in [-0.2, -0.15) is 0 Å². The quantitative estimate of drug-likeness (QED) is 0.793. The number of amides is 2. The van der Waals surface area contributed by atoms with E-state index in [9.17, 15) is 9.59 Å². The number of nitrogens with zero attached hydrogens (tertiary/aromatic N) is 1. The van der Waals surface area contributed by atoms with Crippen LogP contribution in [0.15, 0.2) is 36.4 Å². The van der Waals surface area contributed by atoms with Crippen LogP contribution in [-0.2, 0) is 4.79 Å². The molecule has 0 bridgehead atoms. The summed E-state index contributed by atoms with van der Waals surface area (Å²) in [5.74, 6) is 0.542. The number of anilines is 1. The molecule has 0 saturated heterocycles. The summed E-state index contributed by atoms with van der Waals surface area (Å²) in [6.07, 6.45) is 0. The molecule has 0 aliphatic carbocycles. The van der Waals surface area contributed by atoms with Gasteiger partial charge in [-0.3, -0.25) is 9.59 Å². The van der Waals surface area contributed by atoms with Crippen molar-refractivity contribution >= 4 is 29.1 Å². The Labute approximate surface area is 165 Å².